The number of carbonyl (C=O) groups excluding carboxylic acids is 2. The number of allylic oxidation sites excluding steroid dienone is 2. The van der Waals surface area contributed by atoms with Crippen LogP contribution in [0.5, 0.6) is 0 Å². The van der Waals surface area contributed by atoms with Crippen molar-refractivity contribution in [2.24, 2.45) is 0 Å². The lowest BCUT2D eigenvalue weighted by molar-refractivity contribution is -0.140. The molecule has 0 saturated carbocycles. The summed E-state index contributed by atoms with van der Waals surface area (Å²) in [5.74, 6) is -1.99. The Balaban J connectivity index is 1.66. The molecule has 0 N–H and O–H groups in total. The van der Waals surface area contributed by atoms with Gasteiger partial charge >= 0.3 is 24.3 Å². The molecule has 0 amide bonds. The van der Waals surface area contributed by atoms with Crippen LogP contribution in [0.1, 0.15) is 48.9 Å². The Morgan fingerprint density at radius 1 is 0.617 bits per heavy atom. The van der Waals surface area contributed by atoms with Gasteiger partial charge in [-0.3, -0.25) is 0 Å². The monoisotopic (exact) mass is 661 g/mol. The van der Waals surface area contributed by atoms with Crippen LogP contribution < -0.4 is 4.90 Å². The van der Waals surface area contributed by atoms with Crippen LogP contribution in [-0.4, -0.2) is 37.5 Å². The zero-order valence-electron chi connectivity index (χ0n) is 26.6. The number of ether oxygens (including phenoxy) is 2. The Kier molecular flexibility index (Phi) is 12.8. The zero-order chi connectivity index (χ0) is 34.8. The highest BCUT2D eigenvalue weighted by Gasteiger charge is 2.26. The van der Waals surface area contributed by atoms with Crippen LogP contribution in [0.3, 0.4) is 0 Å². The van der Waals surface area contributed by atoms with E-state index in [1.54, 1.807) is 0 Å². The first kappa shape index (κ1) is 36.9. The van der Waals surface area contributed by atoms with Crippen LogP contribution >= 0.6 is 0 Å². The Morgan fingerprint density at radius 3 is 1.36 bits per heavy atom. The van der Waals surface area contributed by atoms with Crippen LogP contribution in [-0.2, 0) is 31.9 Å². The first-order valence-corrected chi connectivity index (χ1v) is 14.9. The van der Waals surface area contributed by atoms with Crippen LogP contribution in [0.15, 0.2) is 90.0 Å². The standard InChI is InChI=1S/C36H37F6NO4/c1-24-9-14-32(21-25(24)2)43(30-15-10-28(11-16-30)7-5-19-46-33(44)26(3)22-35(37,38)39)31-17-12-29(13-18-31)8-6-20-47-34(45)27(4)23-36(40,41)42/h9-18,21-23H,5-8,19-20H2,1-4H3/b26-22+,27-23+. The summed E-state index contributed by atoms with van der Waals surface area (Å²) in [6, 6.07) is 21.8. The summed E-state index contributed by atoms with van der Waals surface area (Å²) >= 11 is 0. The molecule has 3 aromatic carbocycles. The number of carbonyl (C=O) groups is 2. The predicted molar refractivity (Wildman–Crippen MR) is 169 cm³/mol. The van der Waals surface area contributed by atoms with E-state index in [-0.39, 0.29) is 25.4 Å². The maximum absolute atomic E-state index is 12.4. The van der Waals surface area contributed by atoms with Crippen molar-refractivity contribution in [3.8, 4) is 0 Å². The lowest BCUT2D eigenvalue weighted by atomic mass is 10.1. The number of hydrogen-bond donors (Lipinski definition) is 0. The summed E-state index contributed by atoms with van der Waals surface area (Å²) in [5, 5.41) is 0. The SMILES string of the molecule is C/C(=C\C(F)(F)F)C(=O)OCCCc1ccc(N(c2ccc(CCCOC(=O)/C(C)=C/C(F)(F)F)cc2)c2ccc(C)c(C)c2)cc1. The van der Waals surface area contributed by atoms with Gasteiger partial charge in [0.2, 0.25) is 0 Å². The van der Waals surface area contributed by atoms with E-state index in [2.05, 4.69) is 11.0 Å². The highest BCUT2D eigenvalue weighted by Crippen LogP contribution is 2.36. The second-order valence-corrected chi connectivity index (χ2v) is 11.2. The van der Waals surface area contributed by atoms with Gasteiger partial charge in [-0.15, -0.1) is 0 Å². The highest BCUT2D eigenvalue weighted by molar-refractivity contribution is 5.88. The van der Waals surface area contributed by atoms with Gasteiger partial charge < -0.3 is 14.4 Å². The minimum atomic E-state index is -4.58. The fraction of sp³-hybridized carbons (Fsp3) is 0.333. The fourth-order valence-corrected chi connectivity index (χ4v) is 4.65. The average Bonchev–Trinajstić information content (AvgIpc) is 2.99. The van der Waals surface area contributed by atoms with Gasteiger partial charge in [-0.1, -0.05) is 30.3 Å². The molecule has 47 heavy (non-hydrogen) atoms. The largest absolute Gasteiger partial charge is 0.462 e. The van der Waals surface area contributed by atoms with Crippen molar-refractivity contribution >= 4 is 29.0 Å². The third-order valence-corrected chi connectivity index (χ3v) is 7.23. The smallest absolute Gasteiger partial charge is 0.410 e. The number of halogens is 6. The number of alkyl halides is 6. The Bertz CT molecular complexity index is 1480. The van der Waals surface area contributed by atoms with Crippen molar-refractivity contribution in [2.45, 2.75) is 65.7 Å². The summed E-state index contributed by atoms with van der Waals surface area (Å²) in [4.78, 5) is 25.7. The van der Waals surface area contributed by atoms with E-state index in [0.29, 0.717) is 25.7 Å². The van der Waals surface area contributed by atoms with Crippen molar-refractivity contribution in [2.75, 3.05) is 18.1 Å². The molecule has 0 aliphatic heterocycles. The van der Waals surface area contributed by atoms with Crippen LogP contribution in [0, 0.1) is 13.8 Å². The third kappa shape index (κ3) is 12.3. The third-order valence-electron chi connectivity index (χ3n) is 7.23. The summed E-state index contributed by atoms with van der Waals surface area (Å²) in [7, 11) is 0. The molecule has 11 heteroatoms. The summed E-state index contributed by atoms with van der Waals surface area (Å²) in [5.41, 5.74) is 5.91. The van der Waals surface area contributed by atoms with E-state index in [1.165, 1.54) is 0 Å². The van der Waals surface area contributed by atoms with E-state index in [0.717, 1.165) is 53.2 Å². The minimum Gasteiger partial charge on any atom is -0.462 e. The molecular weight excluding hydrogens is 624 g/mol. The van der Waals surface area contributed by atoms with E-state index in [1.807, 2.05) is 74.5 Å². The van der Waals surface area contributed by atoms with Gasteiger partial charge in [0.15, 0.2) is 0 Å². The minimum absolute atomic E-state index is 0.0120. The molecule has 0 atom stereocenters. The molecule has 0 aliphatic carbocycles. The second-order valence-electron chi connectivity index (χ2n) is 11.2. The molecule has 0 bridgehead atoms. The van der Waals surface area contributed by atoms with Crippen molar-refractivity contribution in [1.82, 2.24) is 0 Å². The number of hydrogen-bond acceptors (Lipinski definition) is 5. The molecule has 0 spiro atoms. The summed E-state index contributed by atoms with van der Waals surface area (Å²) < 4.78 is 84.6. The first-order chi connectivity index (χ1) is 22.0. The van der Waals surface area contributed by atoms with Crippen LogP contribution in [0.4, 0.5) is 43.4 Å². The average molecular weight is 662 g/mol. The zero-order valence-corrected chi connectivity index (χ0v) is 26.6. The molecule has 0 fully saturated rings. The topological polar surface area (TPSA) is 55.8 Å². The summed E-state index contributed by atoms with van der Waals surface area (Å²) in [6.45, 7) is 6.17. The maximum atomic E-state index is 12.4. The van der Waals surface area contributed by atoms with Gasteiger partial charge in [-0.2, -0.15) is 26.3 Å². The number of esters is 2. The molecule has 0 saturated heterocycles. The van der Waals surface area contributed by atoms with Gasteiger partial charge in [-0.25, -0.2) is 9.59 Å². The van der Waals surface area contributed by atoms with Gasteiger partial charge in [0, 0.05) is 40.4 Å². The van der Waals surface area contributed by atoms with E-state index >= 15 is 0 Å². The number of anilines is 3. The molecule has 0 aromatic heterocycles. The molecule has 0 heterocycles. The van der Waals surface area contributed by atoms with Crippen LogP contribution in [0.25, 0.3) is 0 Å². The van der Waals surface area contributed by atoms with E-state index in [4.69, 9.17) is 9.47 Å². The highest BCUT2D eigenvalue weighted by atomic mass is 19.4. The molecule has 0 unspecified atom stereocenters. The Hall–Kier alpha value is -4.54. The van der Waals surface area contributed by atoms with Gasteiger partial charge in [0.1, 0.15) is 0 Å². The summed E-state index contributed by atoms with van der Waals surface area (Å²) in [6.07, 6.45) is -7.32. The van der Waals surface area contributed by atoms with Gasteiger partial charge in [0.05, 0.1) is 13.2 Å². The van der Waals surface area contributed by atoms with Gasteiger partial charge in [0.25, 0.3) is 0 Å². The Morgan fingerprint density at radius 2 is 1.00 bits per heavy atom. The second kappa shape index (κ2) is 16.3. The van der Waals surface area contributed by atoms with Gasteiger partial charge in [-0.05, 0) is 112 Å². The van der Waals surface area contributed by atoms with E-state index < -0.39 is 35.4 Å². The first-order valence-electron chi connectivity index (χ1n) is 14.9. The molecule has 3 rings (SSSR count). The molecule has 0 radical (unpaired) electrons. The quantitative estimate of drug-likeness (QED) is 0.0790. The number of nitrogens with zero attached hydrogens (tertiary/aromatic N) is 1. The molecule has 5 nitrogen and oxygen atoms in total. The lowest BCUT2D eigenvalue weighted by Gasteiger charge is -2.26. The fourth-order valence-electron chi connectivity index (χ4n) is 4.65. The number of benzene rings is 3. The van der Waals surface area contributed by atoms with Crippen molar-refractivity contribution < 1.29 is 45.4 Å². The van der Waals surface area contributed by atoms with Crippen molar-refractivity contribution in [3.63, 3.8) is 0 Å². The molecule has 0 aliphatic rings. The van der Waals surface area contributed by atoms with E-state index in [9.17, 15) is 35.9 Å². The number of aryl methyl sites for hydroxylation is 4. The molecule has 3 aromatic rings. The van der Waals surface area contributed by atoms with Crippen molar-refractivity contribution in [3.05, 3.63) is 112 Å². The normalized spacial score (nSPS) is 12.6. The lowest BCUT2D eigenvalue weighted by Crippen LogP contribution is -2.12. The van der Waals surface area contributed by atoms with Crippen molar-refractivity contribution in [1.29, 1.82) is 0 Å². The molecule has 252 valence electrons. The molecular formula is C36H37F6NO4. The Labute approximate surface area is 270 Å². The number of rotatable bonds is 13. The maximum Gasteiger partial charge on any atom is 0.410 e. The van der Waals surface area contributed by atoms with Crippen LogP contribution in [0.2, 0.25) is 0 Å². The predicted octanol–water partition coefficient (Wildman–Crippen LogP) is 9.74.